The molecule has 1 rings (SSSR count). The summed E-state index contributed by atoms with van der Waals surface area (Å²) in [4.78, 5) is 4.38. The first-order chi connectivity index (χ1) is 8.58. The van der Waals surface area contributed by atoms with E-state index in [2.05, 4.69) is 31.8 Å². The highest BCUT2D eigenvalue weighted by atomic mass is 16.5. The predicted octanol–water partition coefficient (Wildman–Crippen LogP) is 2.61. The molecule has 0 radical (unpaired) electrons. The van der Waals surface area contributed by atoms with E-state index in [0.29, 0.717) is 18.9 Å². The van der Waals surface area contributed by atoms with Gasteiger partial charge < -0.3 is 9.84 Å². The molecule has 0 bridgehead atoms. The Hall–Kier alpha value is -0.930. The van der Waals surface area contributed by atoms with E-state index >= 15 is 0 Å². The van der Waals surface area contributed by atoms with Crippen LogP contribution in [-0.2, 0) is 17.6 Å². The highest BCUT2D eigenvalue weighted by molar-refractivity contribution is 5.14. The molecular weight excluding hydrogens is 226 g/mol. The monoisotopic (exact) mass is 251 g/mol. The van der Waals surface area contributed by atoms with Gasteiger partial charge in [0.1, 0.15) is 0 Å². The van der Waals surface area contributed by atoms with Gasteiger partial charge >= 0.3 is 0 Å². The van der Waals surface area contributed by atoms with Crippen molar-refractivity contribution in [3.63, 3.8) is 0 Å². The van der Waals surface area contributed by atoms with Crippen molar-refractivity contribution in [2.24, 2.45) is 5.92 Å². The number of ether oxygens (including phenoxy) is 1. The van der Waals surface area contributed by atoms with Gasteiger partial charge in [0.15, 0.2) is 0 Å². The maximum absolute atomic E-state index is 10.2. The second-order valence-electron chi connectivity index (χ2n) is 4.95. The van der Waals surface area contributed by atoms with Gasteiger partial charge in [-0.25, -0.2) is 0 Å². The summed E-state index contributed by atoms with van der Waals surface area (Å²) in [6.07, 6.45) is 2.80. The summed E-state index contributed by atoms with van der Waals surface area (Å²) >= 11 is 0. The highest BCUT2D eigenvalue weighted by Crippen LogP contribution is 2.15. The van der Waals surface area contributed by atoms with Crippen LogP contribution in [-0.4, -0.2) is 28.9 Å². The molecule has 0 aromatic carbocycles. The molecule has 0 aliphatic rings. The molecule has 0 aliphatic carbocycles. The Kier molecular flexibility index (Phi) is 6.30. The lowest BCUT2D eigenvalue weighted by Gasteiger charge is -2.26. The smallest absolute Gasteiger partial charge is 0.0860 e. The van der Waals surface area contributed by atoms with Gasteiger partial charge in [-0.05, 0) is 30.9 Å². The van der Waals surface area contributed by atoms with Crippen LogP contribution in [0.4, 0.5) is 0 Å². The summed E-state index contributed by atoms with van der Waals surface area (Å²) in [5.74, 6) is 0.301. The number of aliphatic hydroxyl groups is 1. The van der Waals surface area contributed by atoms with Crippen molar-refractivity contribution in [2.75, 3.05) is 6.61 Å². The Morgan fingerprint density at radius 2 is 2.00 bits per heavy atom. The third-order valence-electron chi connectivity index (χ3n) is 3.11. The van der Waals surface area contributed by atoms with Gasteiger partial charge in [0.25, 0.3) is 0 Å². The summed E-state index contributed by atoms with van der Waals surface area (Å²) < 4.78 is 5.60. The second-order valence-corrected chi connectivity index (χ2v) is 4.95. The third-order valence-corrected chi connectivity index (χ3v) is 3.11. The summed E-state index contributed by atoms with van der Waals surface area (Å²) in [7, 11) is 0. The number of hydrogen-bond donors (Lipinski definition) is 1. The van der Waals surface area contributed by atoms with Crippen molar-refractivity contribution >= 4 is 0 Å². The van der Waals surface area contributed by atoms with Crippen molar-refractivity contribution in [3.05, 3.63) is 29.6 Å². The van der Waals surface area contributed by atoms with Crippen molar-refractivity contribution in [1.29, 1.82) is 0 Å². The van der Waals surface area contributed by atoms with E-state index in [1.807, 2.05) is 19.2 Å². The summed E-state index contributed by atoms with van der Waals surface area (Å²) in [5, 5.41) is 10.2. The van der Waals surface area contributed by atoms with E-state index in [-0.39, 0.29) is 6.10 Å². The normalized spacial score (nSPS) is 14.8. The molecule has 1 aromatic rings. The Bertz CT molecular complexity index is 335. The quantitative estimate of drug-likeness (QED) is 0.810. The van der Waals surface area contributed by atoms with Crippen LogP contribution in [0, 0.1) is 5.92 Å². The highest BCUT2D eigenvalue weighted by Gasteiger charge is 2.23. The van der Waals surface area contributed by atoms with E-state index < -0.39 is 6.10 Å². The van der Waals surface area contributed by atoms with Gasteiger partial charge in [0.2, 0.25) is 0 Å². The molecule has 2 unspecified atom stereocenters. The molecule has 0 aliphatic heterocycles. The minimum absolute atomic E-state index is 0.123. The van der Waals surface area contributed by atoms with Gasteiger partial charge in [-0.2, -0.15) is 0 Å². The fourth-order valence-corrected chi connectivity index (χ4v) is 2.06. The van der Waals surface area contributed by atoms with Gasteiger partial charge in [-0.15, -0.1) is 0 Å². The minimum Gasteiger partial charge on any atom is -0.390 e. The lowest BCUT2D eigenvalue weighted by atomic mass is 9.98. The lowest BCUT2D eigenvalue weighted by molar-refractivity contribution is -0.0565. The zero-order valence-corrected chi connectivity index (χ0v) is 11.9. The van der Waals surface area contributed by atoms with Crippen LogP contribution in [0.2, 0.25) is 0 Å². The Morgan fingerprint density at radius 3 is 2.44 bits per heavy atom. The maximum Gasteiger partial charge on any atom is 0.0860 e. The van der Waals surface area contributed by atoms with E-state index in [4.69, 9.17) is 4.74 Å². The first kappa shape index (κ1) is 15.1. The molecule has 0 amide bonds. The average Bonchev–Trinajstić information content (AvgIpc) is 2.36. The van der Waals surface area contributed by atoms with Crippen molar-refractivity contribution < 1.29 is 9.84 Å². The number of aromatic nitrogens is 1. The van der Waals surface area contributed by atoms with Crippen molar-refractivity contribution in [2.45, 2.75) is 52.7 Å². The SMILES string of the molecule is CCOC(C(C)C)C(O)Cc1ccc(CC)cn1. The molecule has 0 fully saturated rings. The van der Waals surface area contributed by atoms with E-state index in [0.717, 1.165) is 12.1 Å². The Morgan fingerprint density at radius 1 is 1.28 bits per heavy atom. The molecule has 1 heterocycles. The summed E-state index contributed by atoms with van der Waals surface area (Å²) in [5.41, 5.74) is 2.14. The number of aliphatic hydroxyl groups excluding tert-OH is 1. The number of hydrogen-bond acceptors (Lipinski definition) is 3. The number of aryl methyl sites for hydroxylation is 1. The zero-order valence-electron chi connectivity index (χ0n) is 11.9. The van der Waals surface area contributed by atoms with Crippen LogP contribution in [0.5, 0.6) is 0 Å². The standard InChI is InChI=1S/C15H25NO2/c1-5-12-7-8-13(16-10-12)9-14(17)15(11(3)4)18-6-2/h7-8,10-11,14-15,17H,5-6,9H2,1-4H3. The summed E-state index contributed by atoms with van der Waals surface area (Å²) in [6, 6.07) is 4.06. The second kappa shape index (κ2) is 7.49. The van der Waals surface area contributed by atoms with Crippen LogP contribution < -0.4 is 0 Å². The molecule has 2 atom stereocenters. The van der Waals surface area contributed by atoms with Gasteiger partial charge in [0.05, 0.1) is 12.2 Å². The van der Waals surface area contributed by atoms with Gasteiger partial charge in [-0.3, -0.25) is 4.98 Å². The van der Waals surface area contributed by atoms with E-state index in [9.17, 15) is 5.11 Å². The van der Waals surface area contributed by atoms with E-state index in [1.54, 1.807) is 0 Å². The predicted molar refractivity (Wildman–Crippen MR) is 73.6 cm³/mol. The van der Waals surface area contributed by atoms with Crippen molar-refractivity contribution in [1.82, 2.24) is 4.98 Å². The van der Waals surface area contributed by atoms with Crippen molar-refractivity contribution in [3.8, 4) is 0 Å². The third kappa shape index (κ3) is 4.39. The molecule has 1 N–H and O–H groups in total. The molecule has 0 spiro atoms. The molecule has 18 heavy (non-hydrogen) atoms. The van der Waals surface area contributed by atoms with Gasteiger partial charge in [0, 0.05) is 24.9 Å². The van der Waals surface area contributed by atoms with Crippen LogP contribution in [0.3, 0.4) is 0 Å². The fourth-order valence-electron chi connectivity index (χ4n) is 2.06. The zero-order chi connectivity index (χ0) is 13.5. The molecule has 0 saturated heterocycles. The number of rotatable bonds is 7. The molecule has 102 valence electrons. The molecule has 1 aromatic heterocycles. The molecule has 3 heteroatoms. The minimum atomic E-state index is -0.495. The summed E-state index contributed by atoms with van der Waals surface area (Å²) in [6.45, 7) is 8.82. The van der Waals surface area contributed by atoms with Crippen LogP contribution >= 0.6 is 0 Å². The lowest BCUT2D eigenvalue weighted by Crippen LogP contribution is -2.35. The largest absolute Gasteiger partial charge is 0.390 e. The number of pyridine rings is 1. The fraction of sp³-hybridized carbons (Fsp3) is 0.667. The van der Waals surface area contributed by atoms with E-state index in [1.165, 1.54) is 5.56 Å². The molecule has 0 saturated carbocycles. The van der Waals surface area contributed by atoms with Crippen LogP contribution in [0.1, 0.15) is 39.0 Å². The maximum atomic E-state index is 10.2. The molecule has 3 nitrogen and oxygen atoms in total. The Labute approximate surface area is 110 Å². The number of nitrogens with zero attached hydrogens (tertiary/aromatic N) is 1. The van der Waals surface area contributed by atoms with Crippen LogP contribution in [0.25, 0.3) is 0 Å². The topological polar surface area (TPSA) is 42.4 Å². The van der Waals surface area contributed by atoms with Gasteiger partial charge in [-0.1, -0.05) is 26.8 Å². The Balaban J connectivity index is 2.63. The first-order valence-electron chi connectivity index (χ1n) is 6.81. The van der Waals surface area contributed by atoms with Crippen LogP contribution in [0.15, 0.2) is 18.3 Å². The first-order valence-corrected chi connectivity index (χ1v) is 6.81. The molecular formula is C15H25NO2. The average molecular weight is 251 g/mol.